The van der Waals surface area contributed by atoms with E-state index in [0.717, 1.165) is 36.4 Å². The standard InChI is InChI=1S/C24H29NO3/c1-15(2)11-12-28-17-8-9-21-20(14-17)18-5-4-6-19(18)24(25-21)16-7-10-22(26)23(13-16)27-3/h4-5,7-10,13-15,18-19,24-26H,6,11-12H2,1-3H3. The van der Waals surface area contributed by atoms with Crippen molar-refractivity contribution in [1.82, 2.24) is 0 Å². The quantitative estimate of drug-likeness (QED) is 0.637. The number of hydrogen-bond acceptors (Lipinski definition) is 4. The van der Waals surface area contributed by atoms with Crippen molar-refractivity contribution in [3.8, 4) is 17.2 Å². The number of aromatic hydroxyl groups is 1. The predicted molar refractivity (Wildman–Crippen MR) is 112 cm³/mol. The highest BCUT2D eigenvalue weighted by molar-refractivity contribution is 5.62. The Balaban J connectivity index is 1.61. The molecule has 1 aliphatic heterocycles. The highest BCUT2D eigenvalue weighted by Gasteiger charge is 2.38. The molecule has 4 heteroatoms. The number of hydrogen-bond donors (Lipinski definition) is 2. The second-order valence-corrected chi connectivity index (χ2v) is 8.19. The summed E-state index contributed by atoms with van der Waals surface area (Å²) in [6, 6.07) is 12.2. The largest absolute Gasteiger partial charge is 0.504 e. The van der Waals surface area contributed by atoms with Gasteiger partial charge >= 0.3 is 0 Å². The summed E-state index contributed by atoms with van der Waals surface area (Å²) in [4.78, 5) is 0. The van der Waals surface area contributed by atoms with Crippen LogP contribution < -0.4 is 14.8 Å². The number of fused-ring (bicyclic) bond motifs is 3. The van der Waals surface area contributed by atoms with Crippen molar-refractivity contribution < 1.29 is 14.6 Å². The maximum absolute atomic E-state index is 9.94. The number of benzene rings is 2. The second kappa shape index (κ2) is 7.78. The Labute approximate surface area is 167 Å². The zero-order valence-corrected chi connectivity index (χ0v) is 16.8. The molecule has 1 aliphatic carbocycles. The molecule has 1 heterocycles. The van der Waals surface area contributed by atoms with Crippen LogP contribution in [0.15, 0.2) is 48.6 Å². The third kappa shape index (κ3) is 3.56. The molecule has 3 atom stereocenters. The van der Waals surface area contributed by atoms with E-state index in [1.165, 1.54) is 5.56 Å². The first-order chi connectivity index (χ1) is 13.6. The number of rotatable bonds is 6. The van der Waals surface area contributed by atoms with Gasteiger partial charge in [-0.05, 0) is 66.1 Å². The molecular weight excluding hydrogens is 350 g/mol. The summed E-state index contributed by atoms with van der Waals surface area (Å²) in [5.74, 6) is 3.09. The highest BCUT2D eigenvalue weighted by atomic mass is 16.5. The Hall–Kier alpha value is -2.62. The van der Waals surface area contributed by atoms with Gasteiger partial charge < -0.3 is 19.9 Å². The summed E-state index contributed by atoms with van der Waals surface area (Å²) in [6.07, 6.45) is 6.70. The summed E-state index contributed by atoms with van der Waals surface area (Å²) < 4.78 is 11.3. The minimum Gasteiger partial charge on any atom is -0.504 e. The molecule has 4 rings (SSSR count). The van der Waals surface area contributed by atoms with Crippen molar-refractivity contribution in [3.05, 3.63) is 59.7 Å². The zero-order chi connectivity index (χ0) is 19.7. The van der Waals surface area contributed by atoms with E-state index in [0.29, 0.717) is 23.5 Å². The van der Waals surface area contributed by atoms with Gasteiger partial charge in [0.25, 0.3) is 0 Å². The number of ether oxygens (including phenoxy) is 2. The van der Waals surface area contributed by atoms with Gasteiger partial charge in [-0.1, -0.05) is 32.1 Å². The molecule has 28 heavy (non-hydrogen) atoms. The third-order valence-electron chi connectivity index (χ3n) is 5.86. The molecule has 0 saturated heterocycles. The highest BCUT2D eigenvalue weighted by Crippen LogP contribution is 2.51. The minimum absolute atomic E-state index is 0.173. The Bertz CT molecular complexity index is 874. The number of nitrogens with one attached hydrogen (secondary N) is 1. The minimum atomic E-state index is 0.173. The van der Waals surface area contributed by atoms with Crippen LogP contribution in [0, 0.1) is 11.8 Å². The number of phenolic OH excluding ortho intramolecular Hbond substituents is 1. The Morgan fingerprint density at radius 1 is 1.18 bits per heavy atom. The van der Waals surface area contributed by atoms with E-state index in [-0.39, 0.29) is 11.8 Å². The van der Waals surface area contributed by atoms with Gasteiger partial charge in [-0.3, -0.25) is 0 Å². The van der Waals surface area contributed by atoms with Gasteiger partial charge in [0.15, 0.2) is 11.5 Å². The molecule has 0 amide bonds. The van der Waals surface area contributed by atoms with Crippen LogP contribution in [0.4, 0.5) is 5.69 Å². The predicted octanol–water partition coefficient (Wildman–Crippen LogP) is 5.65. The van der Waals surface area contributed by atoms with Crippen LogP contribution in [-0.4, -0.2) is 18.8 Å². The number of anilines is 1. The van der Waals surface area contributed by atoms with Crippen molar-refractivity contribution in [1.29, 1.82) is 0 Å². The first kappa shape index (κ1) is 18.7. The zero-order valence-electron chi connectivity index (χ0n) is 16.8. The third-order valence-corrected chi connectivity index (χ3v) is 5.86. The van der Waals surface area contributed by atoms with Crippen molar-refractivity contribution in [2.75, 3.05) is 19.0 Å². The van der Waals surface area contributed by atoms with E-state index in [1.807, 2.05) is 12.1 Å². The van der Waals surface area contributed by atoms with Crippen LogP contribution in [0.3, 0.4) is 0 Å². The van der Waals surface area contributed by atoms with Crippen LogP contribution in [0.1, 0.15) is 49.8 Å². The first-order valence-corrected chi connectivity index (χ1v) is 10.1. The molecule has 2 aromatic carbocycles. The lowest BCUT2D eigenvalue weighted by atomic mass is 9.77. The van der Waals surface area contributed by atoms with Crippen LogP contribution in [0.5, 0.6) is 17.2 Å². The Kier molecular flexibility index (Phi) is 5.21. The van der Waals surface area contributed by atoms with E-state index in [9.17, 15) is 5.11 Å². The van der Waals surface area contributed by atoms with Gasteiger partial charge in [-0.25, -0.2) is 0 Å². The van der Waals surface area contributed by atoms with Gasteiger partial charge in [0, 0.05) is 11.6 Å². The van der Waals surface area contributed by atoms with Crippen molar-refractivity contribution in [3.63, 3.8) is 0 Å². The lowest BCUT2D eigenvalue weighted by molar-refractivity contribution is 0.289. The van der Waals surface area contributed by atoms with Gasteiger partial charge in [-0.15, -0.1) is 0 Å². The first-order valence-electron chi connectivity index (χ1n) is 10.1. The fraction of sp³-hybridized carbons (Fsp3) is 0.417. The van der Waals surface area contributed by atoms with Crippen molar-refractivity contribution in [2.24, 2.45) is 11.8 Å². The van der Waals surface area contributed by atoms with E-state index >= 15 is 0 Å². The molecule has 0 saturated carbocycles. The smallest absolute Gasteiger partial charge is 0.160 e. The maximum atomic E-state index is 9.94. The summed E-state index contributed by atoms with van der Waals surface area (Å²) in [6.45, 7) is 5.18. The van der Waals surface area contributed by atoms with Gasteiger partial charge in [0.1, 0.15) is 5.75 Å². The number of methoxy groups -OCH3 is 1. The maximum Gasteiger partial charge on any atom is 0.160 e. The Morgan fingerprint density at radius 2 is 2.04 bits per heavy atom. The monoisotopic (exact) mass is 379 g/mol. The summed E-state index contributed by atoms with van der Waals surface area (Å²) >= 11 is 0. The average Bonchev–Trinajstić information content (AvgIpc) is 3.18. The fourth-order valence-corrected chi connectivity index (χ4v) is 4.29. The van der Waals surface area contributed by atoms with Crippen LogP contribution in [-0.2, 0) is 0 Å². The molecule has 0 radical (unpaired) electrons. The summed E-state index contributed by atoms with van der Waals surface area (Å²) in [5, 5.41) is 13.7. The molecule has 2 aromatic rings. The molecule has 0 fully saturated rings. The molecule has 2 N–H and O–H groups in total. The normalized spacial score (nSPS) is 22.5. The number of phenols is 1. The molecule has 4 nitrogen and oxygen atoms in total. The van der Waals surface area contributed by atoms with Gasteiger partial charge in [0.05, 0.1) is 19.8 Å². The lowest BCUT2D eigenvalue weighted by Gasteiger charge is -2.37. The topological polar surface area (TPSA) is 50.7 Å². The molecule has 148 valence electrons. The van der Waals surface area contributed by atoms with E-state index in [2.05, 4.69) is 49.5 Å². The molecule has 0 spiro atoms. The number of allylic oxidation sites excluding steroid dienone is 2. The SMILES string of the molecule is COc1cc(C2Nc3ccc(OCCC(C)C)cc3C3C=CCC32)ccc1O. The van der Waals surface area contributed by atoms with Gasteiger partial charge in [-0.2, -0.15) is 0 Å². The molecule has 3 unspecified atom stereocenters. The van der Waals surface area contributed by atoms with E-state index in [4.69, 9.17) is 9.47 Å². The lowest BCUT2D eigenvalue weighted by Crippen LogP contribution is -2.29. The summed E-state index contributed by atoms with van der Waals surface area (Å²) in [5.41, 5.74) is 3.60. The van der Waals surface area contributed by atoms with Crippen LogP contribution in [0.25, 0.3) is 0 Å². The van der Waals surface area contributed by atoms with Crippen LogP contribution in [0.2, 0.25) is 0 Å². The van der Waals surface area contributed by atoms with Crippen molar-refractivity contribution in [2.45, 2.75) is 38.6 Å². The van der Waals surface area contributed by atoms with Crippen molar-refractivity contribution >= 4 is 5.69 Å². The van der Waals surface area contributed by atoms with Gasteiger partial charge in [0.2, 0.25) is 0 Å². The molecular formula is C24H29NO3. The average molecular weight is 380 g/mol. The fourth-order valence-electron chi connectivity index (χ4n) is 4.29. The molecule has 0 aromatic heterocycles. The second-order valence-electron chi connectivity index (χ2n) is 8.19. The molecule has 0 bridgehead atoms. The van der Waals surface area contributed by atoms with E-state index < -0.39 is 0 Å². The van der Waals surface area contributed by atoms with E-state index in [1.54, 1.807) is 13.2 Å². The van der Waals surface area contributed by atoms with Crippen LogP contribution >= 0.6 is 0 Å². The Morgan fingerprint density at radius 3 is 2.82 bits per heavy atom. The molecule has 2 aliphatic rings. The summed E-state index contributed by atoms with van der Waals surface area (Å²) in [7, 11) is 1.59.